The molecule has 1 aliphatic heterocycles. The van der Waals surface area contributed by atoms with Crippen molar-refractivity contribution in [1.82, 2.24) is 4.41 Å². The first-order valence-corrected chi connectivity index (χ1v) is 12.0. The second-order valence-corrected chi connectivity index (χ2v) is 10.3. The summed E-state index contributed by atoms with van der Waals surface area (Å²) in [4.78, 5) is 0. The fraction of sp³-hybridized carbons (Fsp3) is 0.278. The number of para-hydroxylation sites is 1. The predicted octanol–water partition coefficient (Wildman–Crippen LogP) is 2.70. The first-order chi connectivity index (χ1) is 13.1. The highest BCUT2D eigenvalue weighted by Crippen LogP contribution is 2.36. The molecule has 1 atom stereocenters. The number of anilines is 1. The summed E-state index contributed by atoms with van der Waals surface area (Å²) in [7, 11) is -7.21. The summed E-state index contributed by atoms with van der Waals surface area (Å²) in [5.74, 6) is -0.519. The summed E-state index contributed by atoms with van der Waals surface area (Å²) in [5.41, 5.74) is 1.85. The van der Waals surface area contributed by atoms with Crippen LogP contribution >= 0.6 is 0 Å². The van der Waals surface area contributed by atoms with Gasteiger partial charge in [-0.1, -0.05) is 30.3 Å². The Bertz CT molecular complexity index is 1110. The molecule has 10 heteroatoms. The molecule has 0 radical (unpaired) electrons. The van der Waals surface area contributed by atoms with Gasteiger partial charge >= 0.3 is 0 Å². The molecular formula is C18H20FN3O4S2. The van der Waals surface area contributed by atoms with E-state index >= 15 is 0 Å². The van der Waals surface area contributed by atoms with Crippen LogP contribution in [0, 0.1) is 5.82 Å². The van der Waals surface area contributed by atoms with E-state index in [0.29, 0.717) is 22.5 Å². The second-order valence-electron chi connectivity index (χ2n) is 6.40. The Morgan fingerprint density at radius 2 is 1.75 bits per heavy atom. The highest BCUT2D eigenvalue weighted by molar-refractivity contribution is 7.92. The van der Waals surface area contributed by atoms with Crippen molar-refractivity contribution in [2.75, 3.05) is 16.7 Å². The van der Waals surface area contributed by atoms with Crippen molar-refractivity contribution in [3.8, 4) is 0 Å². The number of sulfonamides is 2. The Labute approximate surface area is 164 Å². The van der Waals surface area contributed by atoms with E-state index < -0.39 is 31.9 Å². The largest absolute Gasteiger partial charge is 0.283 e. The number of rotatable bonds is 6. The molecule has 0 aliphatic carbocycles. The van der Waals surface area contributed by atoms with Crippen LogP contribution in [0.1, 0.15) is 30.5 Å². The molecule has 2 aromatic rings. The van der Waals surface area contributed by atoms with E-state index in [2.05, 4.69) is 9.82 Å². The van der Waals surface area contributed by atoms with Crippen LogP contribution in [-0.4, -0.2) is 39.0 Å². The smallest absolute Gasteiger partial charge is 0.247 e. The van der Waals surface area contributed by atoms with E-state index in [4.69, 9.17) is 0 Å². The highest BCUT2D eigenvalue weighted by atomic mass is 32.2. The van der Waals surface area contributed by atoms with Crippen molar-refractivity contribution in [1.29, 1.82) is 0 Å². The van der Waals surface area contributed by atoms with Gasteiger partial charge in [-0.3, -0.25) is 4.72 Å². The second kappa shape index (κ2) is 7.51. The minimum absolute atomic E-state index is 0.0958. The summed E-state index contributed by atoms with van der Waals surface area (Å²) in [6.07, 6.45) is 1.27. The molecule has 1 heterocycles. The topological polar surface area (TPSA) is 95.9 Å². The Balaban J connectivity index is 2.03. The first kappa shape index (κ1) is 20.3. The third-order valence-electron chi connectivity index (χ3n) is 4.35. The van der Waals surface area contributed by atoms with Gasteiger partial charge in [-0.15, -0.1) is 0 Å². The van der Waals surface area contributed by atoms with Crippen molar-refractivity contribution in [2.24, 2.45) is 5.10 Å². The molecule has 0 amide bonds. The molecule has 0 aromatic heterocycles. The monoisotopic (exact) mass is 425 g/mol. The molecule has 0 unspecified atom stereocenters. The standard InChI is InChI=1S/C18H20FN3O4S2/c1-3-28(25,26)21-16-7-5-4-6-15(16)17-12-18(22(20-17)27(2,23)24)13-8-10-14(19)11-9-13/h4-11,18,21H,3,12H2,1-2H3/t18-/m1/s1. The molecule has 0 saturated carbocycles. The van der Waals surface area contributed by atoms with Crippen LogP contribution in [0.15, 0.2) is 53.6 Å². The zero-order valence-electron chi connectivity index (χ0n) is 15.3. The summed E-state index contributed by atoms with van der Waals surface area (Å²) >= 11 is 0. The lowest BCUT2D eigenvalue weighted by Gasteiger charge is -2.21. The van der Waals surface area contributed by atoms with Crippen molar-refractivity contribution < 1.29 is 21.2 Å². The number of nitrogens with zero attached hydrogens (tertiary/aromatic N) is 2. The van der Waals surface area contributed by atoms with E-state index in [9.17, 15) is 21.2 Å². The lowest BCUT2D eigenvalue weighted by atomic mass is 9.98. The Morgan fingerprint density at radius 3 is 2.36 bits per heavy atom. The minimum atomic E-state index is -3.69. The number of hydrogen-bond acceptors (Lipinski definition) is 5. The maximum Gasteiger partial charge on any atom is 0.247 e. The summed E-state index contributed by atoms with van der Waals surface area (Å²) < 4.78 is 65.2. The molecule has 1 aliphatic rings. The van der Waals surface area contributed by atoms with E-state index in [1.54, 1.807) is 24.3 Å². The summed E-state index contributed by atoms with van der Waals surface area (Å²) in [6, 6.07) is 11.6. The van der Waals surface area contributed by atoms with Gasteiger partial charge in [0, 0.05) is 12.0 Å². The molecule has 0 spiro atoms. The highest BCUT2D eigenvalue weighted by Gasteiger charge is 2.35. The molecule has 0 saturated heterocycles. The van der Waals surface area contributed by atoms with Crippen LogP contribution < -0.4 is 4.72 Å². The lowest BCUT2D eigenvalue weighted by molar-refractivity contribution is 0.374. The van der Waals surface area contributed by atoms with Crippen molar-refractivity contribution in [2.45, 2.75) is 19.4 Å². The number of hydrazone groups is 1. The molecule has 1 N–H and O–H groups in total. The summed E-state index contributed by atoms with van der Waals surface area (Å²) in [6.45, 7) is 1.52. The molecule has 150 valence electrons. The first-order valence-electron chi connectivity index (χ1n) is 8.53. The normalized spacial score (nSPS) is 17.5. The molecular weight excluding hydrogens is 405 g/mol. The average Bonchev–Trinajstić information content (AvgIpc) is 3.08. The SMILES string of the molecule is CCS(=O)(=O)Nc1ccccc1C1=NN(S(C)(=O)=O)[C@@H](c2ccc(F)cc2)C1. The van der Waals surface area contributed by atoms with Crippen LogP contribution in [0.4, 0.5) is 10.1 Å². The van der Waals surface area contributed by atoms with Crippen molar-refractivity contribution in [3.05, 3.63) is 65.5 Å². The van der Waals surface area contributed by atoms with Gasteiger partial charge in [0.2, 0.25) is 20.0 Å². The Hall–Kier alpha value is -2.46. The van der Waals surface area contributed by atoms with E-state index in [1.165, 1.54) is 31.2 Å². The molecule has 7 nitrogen and oxygen atoms in total. The van der Waals surface area contributed by atoms with Gasteiger partial charge in [0.25, 0.3) is 0 Å². The number of benzene rings is 2. The van der Waals surface area contributed by atoms with Crippen LogP contribution in [0.3, 0.4) is 0 Å². The van der Waals surface area contributed by atoms with Gasteiger partial charge in [0.1, 0.15) is 5.82 Å². The number of hydrogen-bond donors (Lipinski definition) is 1. The van der Waals surface area contributed by atoms with Crippen LogP contribution in [0.5, 0.6) is 0 Å². The van der Waals surface area contributed by atoms with Gasteiger partial charge in [-0.25, -0.2) is 21.2 Å². The third kappa shape index (κ3) is 4.33. The zero-order chi connectivity index (χ0) is 20.5. The fourth-order valence-corrected chi connectivity index (χ4v) is 4.52. The van der Waals surface area contributed by atoms with Gasteiger partial charge in [-0.05, 0) is 30.7 Å². The average molecular weight is 426 g/mol. The molecule has 2 aromatic carbocycles. The zero-order valence-corrected chi connectivity index (χ0v) is 17.0. The number of nitrogens with one attached hydrogen (secondary N) is 1. The molecule has 3 rings (SSSR count). The maximum absolute atomic E-state index is 13.3. The van der Waals surface area contributed by atoms with Crippen LogP contribution in [-0.2, 0) is 20.0 Å². The van der Waals surface area contributed by atoms with Gasteiger partial charge < -0.3 is 0 Å². The van der Waals surface area contributed by atoms with Gasteiger partial charge in [0.05, 0.1) is 29.4 Å². The minimum Gasteiger partial charge on any atom is -0.283 e. The molecule has 0 bridgehead atoms. The Morgan fingerprint density at radius 1 is 1.11 bits per heavy atom. The van der Waals surface area contributed by atoms with Gasteiger partial charge in [-0.2, -0.15) is 9.52 Å². The fourth-order valence-electron chi connectivity index (χ4n) is 2.95. The van der Waals surface area contributed by atoms with E-state index in [-0.39, 0.29) is 12.2 Å². The van der Waals surface area contributed by atoms with Crippen LogP contribution in [0.25, 0.3) is 0 Å². The van der Waals surface area contributed by atoms with Crippen molar-refractivity contribution >= 4 is 31.4 Å². The maximum atomic E-state index is 13.3. The summed E-state index contributed by atoms with van der Waals surface area (Å²) in [5, 5.41) is 4.26. The van der Waals surface area contributed by atoms with Gasteiger partial charge in [0.15, 0.2) is 0 Å². The van der Waals surface area contributed by atoms with Crippen molar-refractivity contribution in [3.63, 3.8) is 0 Å². The third-order valence-corrected chi connectivity index (χ3v) is 6.66. The number of halogens is 1. The molecule has 0 fully saturated rings. The Kier molecular flexibility index (Phi) is 5.44. The van der Waals surface area contributed by atoms with E-state index in [0.717, 1.165) is 10.7 Å². The quantitative estimate of drug-likeness (QED) is 0.770. The lowest BCUT2D eigenvalue weighted by Crippen LogP contribution is -2.25. The molecule has 28 heavy (non-hydrogen) atoms. The predicted molar refractivity (Wildman–Crippen MR) is 107 cm³/mol. The van der Waals surface area contributed by atoms with E-state index in [1.807, 2.05) is 0 Å². The van der Waals surface area contributed by atoms with Crippen LogP contribution in [0.2, 0.25) is 0 Å².